The van der Waals surface area contributed by atoms with Crippen LogP contribution in [0.1, 0.15) is 20.1 Å². The largest absolute Gasteiger partial charge is 0.477 e. The summed E-state index contributed by atoms with van der Waals surface area (Å²) in [6.45, 7) is 1.31. The molecule has 0 atom stereocenters. The topological polar surface area (TPSA) is 58.6 Å². The van der Waals surface area contributed by atoms with Gasteiger partial charge in [0.15, 0.2) is 0 Å². The first-order valence-corrected chi connectivity index (χ1v) is 7.15. The fourth-order valence-electron chi connectivity index (χ4n) is 1.89. The second-order valence-corrected chi connectivity index (χ2v) is 5.49. The molecule has 1 heterocycles. The number of para-hydroxylation sites is 1. The standard InChI is InChI=1S/C15H17NO3S/c1-19-9-8-11-4-2-3-5-13(11)16-10-12-6-7-14(20-12)15(17)18/h2-7,16H,8-10H2,1H3,(H,17,18). The van der Waals surface area contributed by atoms with E-state index in [9.17, 15) is 4.79 Å². The number of aromatic carboxylic acids is 1. The molecule has 0 unspecified atom stereocenters. The van der Waals surface area contributed by atoms with Crippen LogP contribution in [0.15, 0.2) is 36.4 Å². The van der Waals surface area contributed by atoms with Crippen molar-refractivity contribution in [3.63, 3.8) is 0 Å². The average Bonchev–Trinajstić information content (AvgIpc) is 2.93. The molecule has 4 nitrogen and oxygen atoms in total. The predicted molar refractivity (Wildman–Crippen MR) is 80.6 cm³/mol. The van der Waals surface area contributed by atoms with Gasteiger partial charge in [-0.05, 0) is 30.2 Å². The van der Waals surface area contributed by atoms with E-state index in [4.69, 9.17) is 9.84 Å². The lowest BCUT2D eigenvalue weighted by Gasteiger charge is -2.11. The fourth-order valence-corrected chi connectivity index (χ4v) is 2.68. The van der Waals surface area contributed by atoms with E-state index in [-0.39, 0.29) is 0 Å². The number of methoxy groups -OCH3 is 1. The Morgan fingerprint density at radius 1 is 1.30 bits per heavy atom. The maximum atomic E-state index is 10.8. The van der Waals surface area contributed by atoms with Crippen molar-refractivity contribution in [1.82, 2.24) is 0 Å². The van der Waals surface area contributed by atoms with Crippen LogP contribution in [0.4, 0.5) is 5.69 Å². The molecule has 0 aliphatic carbocycles. The number of rotatable bonds is 7. The maximum Gasteiger partial charge on any atom is 0.345 e. The lowest BCUT2D eigenvalue weighted by atomic mass is 10.1. The van der Waals surface area contributed by atoms with Gasteiger partial charge >= 0.3 is 5.97 Å². The highest BCUT2D eigenvalue weighted by Gasteiger charge is 2.07. The molecule has 1 aromatic carbocycles. The highest BCUT2D eigenvalue weighted by molar-refractivity contribution is 7.13. The number of carboxylic acids is 1. The Morgan fingerprint density at radius 2 is 2.10 bits per heavy atom. The number of nitrogens with one attached hydrogen (secondary N) is 1. The molecule has 0 aliphatic rings. The summed E-state index contributed by atoms with van der Waals surface area (Å²) >= 11 is 1.30. The first kappa shape index (κ1) is 14.6. The molecule has 0 fully saturated rings. The van der Waals surface area contributed by atoms with Gasteiger partial charge in [0.2, 0.25) is 0 Å². The Hall–Kier alpha value is -1.85. The molecule has 0 saturated carbocycles. The molecule has 0 spiro atoms. The minimum absolute atomic E-state index is 0.370. The van der Waals surface area contributed by atoms with E-state index in [1.807, 2.05) is 24.3 Å². The van der Waals surface area contributed by atoms with Gasteiger partial charge in [0.05, 0.1) is 6.61 Å². The number of ether oxygens (including phenoxy) is 1. The van der Waals surface area contributed by atoms with Crippen LogP contribution in [0.5, 0.6) is 0 Å². The zero-order valence-corrected chi connectivity index (χ0v) is 12.1. The minimum atomic E-state index is -0.873. The zero-order chi connectivity index (χ0) is 14.4. The summed E-state index contributed by atoms with van der Waals surface area (Å²) < 4.78 is 5.10. The number of carbonyl (C=O) groups is 1. The number of thiophene rings is 1. The van der Waals surface area contributed by atoms with Crippen molar-refractivity contribution < 1.29 is 14.6 Å². The summed E-state index contributed by atoms with van der Waals surface area (Å²) in [4.78, 5) is 12.2. The molecule has 1 aromatic heterocycles. The van der Waals surface area contributed by atoms with Crippen LogP contribution in [-0.4, -0.2) is 24.8 Å². The summed E-state index contributed by atoms with van der Waals surface area (Å²) in [5, 5.41) is 12.3. The van der Waals surface area contributed by atoms with Gasteiger partial charge in [-0.3, -0.25) is 0 Å². The van der Waals surface area contributed by atoms with Gasteiger partial charge in [0.25, 0.3) is 0 Å². The van der Waals surface area contributed by atoms with Crippen LogP contribution in [0.2, 0.25) is 0 Å². The van der Waals surface area contributed by atoms with Gasteiger partial charge in [-0.15, -0.1) is 11.3 Å². The lowest BCUT2D eigenvalue weighted by molar-refractivity contribution is 0.0702. The van der Waals surface area contributed by atoms with Crippen molar-refractivity contribution in [1.29, 1.82) is 0 Å². The predicted octanol–water partition coefficient (Wildman–Crippen LogP) is 3.25. The molecule has 2 aromatic rings. The molecule has 0 aliphatic heterocycles. The smallest absolute Gasteiger partial charge is 0.345 e. The van der Waals surface area contributed by atoms with Crippen LogP contribution >= 0.6 is 11.3 Å². The first-order chi connectivity index (χ1) is 9.70. The van der Waals surface area contributed by atoms with Crippen molar-refractivity contribution in [3.8, 4) is 0 Å². The molecule has 106 valence electrons. The van der Waals surface area contributed by atoms with Gasteiger partial charge < -0.3 is 15.2 Å². The Bertz CT molecular complexity index is 580. The first-order valence-electron chi connectivity index (χ1n) is 6.33. The van der Waals surface area contributed by atoms with Gasteiger partial charge in [0.1, 0.15) is 4.88 Å². The summed E-state index contributed by atoms with van der Waals surface area (Å²) in [5.41, 5.74) is 2.26. The molecule has 20 heavy (non-hydrogen) atoms. The van der Waals surface area contributed by atoms with E-state index in [2.05, 4.69) is 11.4 Å². The summed E-state index contributed by atoms with van der Waals surface area (Å²) in [6, 6.07) is 11.6. The van der Waals surface area contributed by atoms with E-state index in [1.165, 1.54) is 16.9 Å². The normalized spacial score (nSPS) is 10.4. The Morgan fingerprint density at radius 3 is 2.80 bits per heavy atom. The van der Waals surface area contributed by atoms with Crippen molar-refractivity contribution in [2.24, 2.45) is 0 Å². The average molecular weight is 291 g/mol. The molecule has 0 bridgehead atoms. The van der Waals surface area contributed by atoms with Gasteiger partial charge in [0, 0.05) is 24.2 Å². The van der Waals surface area contributed by atoms with Crippen LogP contribution in [0.25, 0.3) is 0 Å². The molecule has 2 rings (SSSR count). The molecule has 2 N–H and O–H groups in total. The monoisotopic (exact) mass is 291 g/mol. The van der Waals surface area contributed by atoms with E-state index in [0.717, 1.165) is 17.0 Å². The Labute approximate surface area is 122 Å². The molecule has 0 saturated heterocycles. The third-order valence-electron chi connectivity index (χ3n) is 2.92. The summed E-state index contributed by atoms with van der Waals surface area (Å²) in [6.07, 6.45) is 0.852. The fraction of sp³-hybridized carbons (Fsp3) is 0.267. The van der Waals surface area contributed by atoms with Crippen molar-refractivity contribution in [3.05, 3.63) is 51.7 Å². The summed E-state index contributed by atoms with van der Waals surface area (Å²) in [5.74, 6) is -0.873. The minimum Gasteiger partial charge on any atom is -0.477 e. The lowest BCUT2D eigenvalue weighted by Crippen LogP contribution is -2.03. The number of benzene rings is 1. The zero-order valence-electron chi connectivity index (χ0n) is 11.3. The Balaban J connectivity index is 2.00. The third kappa shape index (κ3) is 3.82. The van der Waals surface area contributed by atoms with E-state index in [1.54, 1.807) is 13.2 Å². The molecule has 0 radical (unpaired) electrons. The van der Waals surface area contributed by atoms with Crippen molar-refractivity contribution in [2.75, 3.05) is 19.0 Å². The van der Waals surface area contributed by atoms with Gasteiger partial charge in [-0.25, -0.2) is 4.79 Å². The van der Waals surface area contributed by atoms with Crippen molar-refractivity contribution in [2.45, 2.75) is 13.0 Å². The SMILES string of the molecule is COCCc1ccccc1NCc1ccc(C(=O)O)s1. The second kappa shape index (κ2) is 7.07. The highest BCUT2D eigenvalue weighted by Crippen LogP contribution is 2.20. The molecule has 5 heteroatoms. The van der Waals surface area contributed by atoms with Crippen molar-refractivity contribution >= 4 is 23.0 Å². The molecular formula is C15H17NO3S. The van der Waals surface area contributed by atoms with Crippen LogP contribution in [-0.2, 0) is 17.7 Å². The number of carboxylic acid groups (broad SMARTS) is 1. The quantitative estimate of drug-likeness (QED) is 0.822. The van der Waals surface area contributed by atoms with Gasteiger partial charge in [-0.2, -0.15) is 0 Å². The number of hydrogen-bond acceptors (Lipinski definition) is 4. The maximum absolute atomic E-state index is 10.8. The molecule has 0 amide bonds. The number of hydrogen-bond donors (Lipinski definition) is 2. The van der Waals surface area contributed by atoms with Crippen LogP contribution in [0, 0.1) is 0 Å². The highest BCUT2D eigenvalue weighted by atomic mass is 32.1. The number of anilines is 1. The Kier molecular flexibility index (Phi) is 5.15. The molecular weight excluding hydrogens is 274 g/mol. The second-order valence-electron chi connectivity index (χ2n) is 4.32. The van der Waals surface area contributed by atoms with E-state index in [0.29, 0.717) is 18.0 Å². The van der Waals surface area contributed by atoms with E-state index >= 15 is 0 Å². The van der Waals surface area contributed by atoms with E-state index < -0.39 is 5.97 Å². The summed E-state index contributed by atoms with van der Waals surface area (Å²) in [7, 11) is 1.69. The van der Waals surface area contributed by atoms with Crippen LogP contribution in [0.3, 0.4) is 0 Å². The van der Waals surface area contributed by atoms with Gasteiger partial charge in [-0.1, -0.05) is 18.2 Å². The van der Waals surface area contributed by atoms with Crippen LogP contribution < -0.4 is 5.32 Å². The third-order valence-corrected chi connectivity index (χ3v) is 3.99.